The fourth-order valence-electron chi connectivity index (χ4n) is 3.84. The molecule has 11 heteroatoms. The first kappa shape index (κ1) is 24.0. The largest absolute Gasteiger partial charge is 0.481 e. The fourth-order valence-corrected chi connectivity index (χ4v) is 5.49. The standard InChI is InChI=1S/C21H22F4N2O4S/c1-20(2)13-26(32(30,31)16-5-3-4-14(10-16)11-19(28)29)8-9-27(20)15-6-7-17(18(22)12-15)21(23,24)25/h3-7,10,12H,8-9,11,13H2,1-2H3,(H,28,29). The van der Waals surface area contributed by atoms with Gasteiger partial charge < -0.3 is 10.0 Å². The summed E-state index contributed by atoms with van der Waals surface area (Å²) in [5, 5.41) is 8.94. The van der Waals surface area contributed by atoms with Crippen molar-refractivity contribution in [3.05, 3.63) is 59.4 Å². The van der Waals surface area contributed by atoms with E-state index in [1.165, 1.54) is 34.6 Å². The lowest BCUT2D eigenvalue weighted by molar-refractivity contribution is -0.140. The van der Waals surface area contributed by atoms with Crippen LogP contribution in [-0.4, -0.2) is 49.0 Å². The number of carboxylic acid groups (broad SMARTS) is 1. The van der Waals surface area contributed by atoms with E-state index in [1.54, 1.807) is 18.7 Å². The second-order valence-electron chi connectivity index (χ2n) is 8.18. The number of anilines is 1. The number of rotatable bonds is 5. The van der Waals surface area contributed by atoms with Crippen molar-refractivity contribution >= 4 is 21.7 Å². The summed E-state index contributed by atoms with van der Waals surface area (Å²) < 4.78 is 80.2. The number of piperazine rings is 1. The Kier molecular flexibility index (Phi) is 6.27. The van der Waals surface area contributed by atoms with Crippen molar-refractivity contribution in [2.24, 2.45) is 0 Å². The van der Waals surface area contributed by atoms with Gasteiger partial charge in [0, 0.05) is 30.9 Å². The van der Waals surface area contributed by atoms with Gasteiger partial charge in [0.15, 0.2) is 0 Å². The van der Waals surface area contributed by atoms with E-state index in [4.69, 9.17) is 5.11 Å². The van der Waals surface area contributed by atoms with Crippen molar-refractivity contribution in [2.45, 2.75) is 36.9 Å². The highest BCUT2D eigenvalue weighted by molar-refractivity contribution is 7.89. The summed E-state index contributed by atoms with van der Waals surface area (Å²) in [6.07, 6.45) is -5.12. The molecular weight excluding hydrogens is 452 g/mol. The normalized spacial score (nSPS) is 17.4. The highest BCUT2D eigenvalue weighted by Gasteiger charge is 2.40. The Bertz CT molecular complexity index is 1130. The Morgan fingerprint density at radius 1 is 1.12 bits per heavy atom. The molecule has 6 nitrogen and oxygen atoms in total. The maximum Gasteiger partial charge on any atom is 0.419 e. The second-order valence-corrected chi connectivity index (χ2v) is 10.1. The van der Waals surface area contributed by atoms with Crippen molar-refractivity contribution in [1.82, 2.24) is 4.31 Å². The van der Waals surface area contributed by atoms with Crippen molar-refractivity contribution in [1.29, 1.82) is 0 Å². The molecule has 1 aliphatic rings. The predicted molar refractivity (Wildman–Crippen MR) is 109 cm³/mol. The lowest BCUT2D eigenvalue weighted by atomic mass is 9.98. The Hall–Kier alpha value is -2.66. The van der Waals surface area contributed by atoms with Crippen LogP contribution < -0.4 is 4.90 Å². The molecule has 1 fully saturated rings. The summed E-state index contributed by atoms with van der Waals surface area (Å²) in [5.41, 5.74) is -1.64. The van der Waals surface area contributed by atoms with Gasteiger partial charge >= 0.3 is 12.1 Å². The molecule has 1 N–H and O–H groups in total. The van der Waals surface area contributed by atoms with Gasteiger partial charge in [-0.15, -0.1) is 0 Å². The van der Waals surface area contributed by atoms with Crippen molar-refractivity contribution in [3.63, 3.8) is 0 Å². The number of sulfonamides is 1. The van der Waals surface area contributed by atoms with E-state index in [2.05, 4.69) is 0 Å². The van der Waals surface area contributed by atoms with Gasteiger partial charge in [-0.2, -0.15) is 17.5 Å². The van der Waals surface area contributed by atoms with Crippen LogP contribution in [0.3, 0.4) is 0 Å². The molecule has 0 unspecified atom stereocenters. The summed E-state index contributed by atoms with van der Waals surface area (Å²) >= 11 is 0. The zero-order valence-corrected chi connectivity index (χ0v) is 18.2. The molecule has 1 aliphatic heterocycles. The first-order valence-electron chi connectivity index (χ1n) is 9.67. The van der Waals surface area contributed by atoms with Crippen LogP contribution >= 0.6 is 0 Å². The van der Waals surface area contributed by atoms with Crippen molar-refractivity contribution < 1.29 is 35.9 Å². The number of halogens is 4. The summed E-state index contributed by atoms with van der Waals surface area (Å²) in [7, 11) is -3.94. The van der Waals surface area contributed by atoms with Gasteiger partial charge in [-0.3, -0.25) is 4.79 Å². The monoisotopic (exact) mass is 474 g/mol. The number of carbonyl (C=O) groups is 1. The number of hydrogen-bond donors (Lipinski definition) is 1. The third-order valence-electron chi connectivity index (χ3n) is 5.33. The number of nitrogens with zero attached hydrogens (tertiary/aromatic N) is 2. The molecule has 174 valence electrons. The Morgan fingerprint density at radius 3 is 2.38 bits per heavy atom. The summed E-state index contributed by atoms with van der Waals surface area (Å²) in [5.74, 6) is -2.48. The van der Waals surface area contributed by atoms with Gasteiger partial charge in [-0.25, -0.2) is 12.8 Å². The van der Waals surface area contributed by atoms with E-state index >= 15 is 0 Å². The van der Waals surface area contributed by atoms with Crippen LogP contribution in [0.2, 0.25) is 0 Å². The Morgan fingerprint density at radius 2 is 1.81 bits per heavy atom. The maximum absolute atomic E-state index is 14.1. The molecule has 0 aromatic heterocycles. The number of alkyl halides is 3. The molecular formula is C21H22F4N2O4S. The highest BCUT2D eigenvalue weighted by Crippen LogP contribution is 2.36. The minimum absolute atomic E-state index is 0.00112. The van der Waals surface area contributed by atoms with Crippen LogP contribution in [0.15, 0.2) is 47.4 Å². The minimum atomic E-state index is -4.81. The van der Waals surface area contributed by atoms with E-state index in [0.717, 1.165) is 6.07 Å². The first-order valence-corrected chi connectivity index (χ1v) is 11.1. The van der Waals surface area contributed by atoms with Gasteiger partial charge in [-0.1, -0.05) is 12.1 Å². The molecule has 0 aliphatic carbocycles. The van der Waals surface area contributed by atoms with E-state index < -0.39 is 39.1 Å². The van der Waals surface area contributed by atoms with Crippen LogP contribution in [0.1, 0.15) is 25.0 Å². The highest BCUT2D eigenvalue weighted by atomic mass is 32.2. The van der Waals surface area contributed by atoms with Crippen molar-refractivity contribution in [2.75, 3.05) is 24.5 Å². The molecule has 0 atom stereocenters. The fraction of sp³-hybridized carbons (Fsp3) is 0.381. The lowest BCUT2D eigenvalue weighted by Crippen LogP contribution is -2.60. The maximum atomic E-state index is 14.1. The Balaban J connectivity index is 1.85. The average Bonchev–Trinajstić information content (AvgIpc) is 2.65. The van der Waals surface area contributed by atoms with Gasteiger partial charge in [0.2, 0.25) is 10.0 Å². The van der Waals surface area contributed by atoms with Gasteiger partial charge in [0.1, 0.15) is 5.82 Å². The molecule has 0 bridgehead atoms. The zero-order valence-electron chi connectivity index (χ0n) is 17.4. The average molecular weight is 474 g/mol. The van der Waals surface area contributed by atoms with Crippen LogP contribution in [0.25, 0.3) is 0 Å². The topological polar surface area (TPSA) is 77.9 Å². The van der Waals surface area contributed by atoms with Crippen LogP contribution in [0, 0.1) is 5.82 Å². The molecule has 0 spiro atoms. The van der Waals surface area contributed by atoms with Gasteiger partial charge in [0.05, 0.1) is 16.9 Å². The molecule has 1 heterocycles. The minimum Gasteiger partial charge on any atom is -0.481 e. The molecule has 2 aromatic rings. The van der Waals surface area contributed by atoms with Crippen LogP contribution in [0.4, 0.5) is 23.2 Å². The number of benzene rings is 2. The van der Waals surface area contributed by atoms with E-state index in [9.17, 15) is 30.8 Å². The Labute approximate surface area is 183 Å². The van der Waals surface area contributed by atoms with Gasteiger partial charge in [-0.05, 0) is 49.7 Å². The van der Waals surface area contributed by atoms with Crippen LogP contribution in [-0.2, 0) is 27.4 Å². The quantitative estimate of drug-likeness (QED) is 0.668. The molecule has 0 saturated carbocycles. The molecule has 3 rings (SSSR count). The first-order chi connectivity index (χ1) is 14.7. The van der Waals surface area contributed by atoms with Crippen molar-refractivity contribution in [3.8, 4) is 0 Å². The van der Waals surface area contributed by atoms with E-state index in [-0.39, 0.29) is 36.6 Å². The molecule has 2 aromatic carbocycles. The molecule has 32 heavy (non-hydrogen) atoms. The molecule has 1 saturated heterocycles. The van der Waals surface area contributed by atoms with E-state index in [1.807, 2.05) is 0 Å². The third kappa shape index (κ3) is 4.88. The summed E-state index contributed by atoms with van der Waals surface area (Å²) in [6, 6.07) is 8.35. The second kappa shape index (κ2) is 8.36. The van der Waals surface area contributed by atoms with Gasteiger partial charge in [0.25, 0.3) is 0 Å². The summed E-state index contributed by atoms with van der Waals surface area (Å²) in [6.45, 7) is 3.58. The predicted octanol–water partition coefficient (Wildman–Crippen LogP) is 3.76. The zero-order chi connectivity index (χ0) is 23.9. The van der Waals surface area contributed by atoms with Crippen LogP contribution in [0.5, 0.6) is 0 Å². The number of aliphatic carboxylic acids is 1. The number of carboxylic acids is 1. The smallest absolute Gasteiger partial charge is 0.419 e. The van der Waals surface area contributed by atoms with E-state index in [0.29, 0.717) is 11.6 Å². The molecule has 0 amide bonds. The third-order valence-corrected chi connectivity index (χ3v) is 7.17. The SMILES string of the molecule is CC1(C)CN(S(=O)(=O)c2cccc(CC(=O)O)c2)CCN1c1ccc(C(F)(F)F)c(F)c1. The number of hydrogen-bond acceptors (Lipinski definition) is 4. The molecule has 0 radical (unpaired) electrons. The summed E-state index contributed by atoms with van der Waals surface area (Å²) in [4.78, 5) is 12.6. The lowest BCUT2D eigenvalue weighted by Gasteiger charge is -2.48.